The number of aromatic nitrogens is 2. The van der Waals surface area contributed by atoms with Crippen molar-refractivity contribution in [2.75, 3.05) is 5.73 Å². The predicted molar refractivity (Wildman–Crippen MR) is 77.9 cm³/mol. The van der Waals surface area contributed by atoms with E-state index in [9.17, 15) is 4.79 Å². The van der Waals surface area contributed by atoms with Gasteiger partial charge in [0.1, 0.15) is 11.8 Å². The fourth-order valence-electron chi connectivity index (χ4n) is 1.75. The molecule has 0 saturated heterocycles. The van der Waals surface area contributed by atoms with Crippen molar-refractivity contribution in [1.82, 2.24) is 9.78 Å². The summed E-state index contributed by atoms with van der Waals surface area (Å²) in [7, 11) is 1.72. The molecule has 7 heteroatoms. The minimum absolute atomic E-state index is 0.0397. The number of ether oxygens (including phenoxy) is 1. The van der Waals surface area contributed by atoms with Gasteiger partial charge in [0.05, 0.1) is 16.3 Å². The molecular weight excluding hydrogens is 301 g/mol. The molecule has 1 heterocycles. The van der Waals surface area contributed by atoms with Gasteiger partial charge in [-0.1, -0.05) is 23.2 Å². The van der Waals surface area contributed by atoms with Gasteiger partial charge in [-0.3, -0.25) is 4.68 Å². The maximum atomic E-state index is 12.0. The first kappa shape index (κ1) is 14.7. The molecule has 0 saturated carbocycles. The SMILES string of the molecule is Cc1nn(C)c(Cl)c1COC(=O)c1ccc(N)cc1Cl. The molecule has 2 aromatic rings. The summed E-state index contributed by atoms with van der Waals surface area (Å²) in [4.78, 5) is 12.0. The van der Waals surface area contributed by atoms with Gasteiger partial charge in [0.15, 0.2) is 0 Å². The average Bonchev–Trinajstić information content (AvgIpc) is 2.61. The standard InChI is InChI=1S/C13H13Cl2N3O2/c1-7-10(12(15)18(2)17-7)6-20-13(19)9-4-3-8(16)5-11(9)14/h3-5H,6,16H2,1-2H3. The van der Waals surface area contributed by atoms with E-state index in [1.54, 1.807) is 20.0 Å². The van der Waals surface area contributed by atoms with Gasteiger partial charge in [-0.2, -0.15) is 5.10 Å². The Hall–Kier alpha value is -1.72. The molecule has 20 heavy (non-hydrogen) atoms. The van der Waals surface area contributed by atoms with E-state index in [0.29, 0.717) is 22.1 Å². The predicted octanol–water partition coefficient (Wildman–Crippen LogP) is 2.97. The third-order valence-electron chi connectivity index (χ3n) is 2.83. The molecule has 0 amide bonds. The molecule has 1 aromatic carbocycles. The van der Waals surface area contributed by atoms with Crippen LogP contribution in [0.2, 0.25) is 10.2 Å². The van der Waals surface area contributed by atoms with Gasteiger partial charge >= 0.3 is 5.97 Å². The lowest BCUT2D eigenvalue weighted by molar-refractivity contribution is 0.0472. The zero-order valence-electron chi connectivity index (χ0n) is 11.0. The summed E-state index contributed by atoms with van der Waals surface area (Å²) in [6.45, 7) is 1.84. The van der Waals surface area contributed by atoms with Gasteiger partial charge < -0.3 is 10.5 Å². The molecule has 2 N–H and O–H groups in total. The van der Waals surface area contributed by atoms with Crippen LogP contribution in [0.25, 0.3) is 0 Å². The molecule has 0 fully saturated rings. The number of anilines is 1. The van der Waals surface area contributed by atoms with Crippen molar-refractivity contribution in [1.29, 1.82) is 0 Å². The second kappa shape index (κ2) is 5.73. The van der Waals surface area contributed by atoms with Gasteiger partial charge in [0.2, 0.25) is 0 Å². The molecule has 0 bridgehead atoms. The Morgan fingerprint density at radius 3 is 2.70 bits per heavy atom. The molecule has 1 aromatic heterocycles. The number of aryl methyl sites for hydroxylation is 2. The highest BCUT2D eigenvalue weighted by atomic mass is 35.5. The Kier molecular flexibility index (Phi) is 4.20. The summed E-state index contributed by atoms with van der Waals surface area (Å²) in [6, 6.07) is 4.61. The van der Waals surface area contributed by atoms with Crippen LogP contribution in [0.15, 0.2) is 18.2 Å². The molecule has 5 nitrogen and oxygen atoms in total. The average molecular weight is 314 g/mol. The van der Waals surface area contributed by atoms with Crippen molar-refractivity contribution in [3.8, 4) is 0 Å². The first-order chi connectivity index (χ1) is 9.40. The van der Waals surface area contributed by atoms with E-state index in [1.165, 1.54) is 16.8 Å². The van der Waals surface area contributed by atoms with E-state index in [2.05, 4.69) is 5.10 Å². The summed E-state index contributed by atoms with van der Waals surface area (Å²) < 4.78 is 6.73. The van der Waals surface area contributed by atoms with Gasteiger partial charge in [-0.25, -0.2) is 4.79 Å². The number of carbonyl (C=O) groups excluding carboxylic acids is 1. The summed E-state index contributed by atoms with van der Waals surface area (Å²) in [5, 5.41) is 4.84. The van der Waals surface area contributed by atoms with Crippen molar-refractivity contribution in [2.45, 2.75) is 13.5 Å². The quantitative estimate of drug-likeness (QED) is 0.698. The fourth-order valence-corrected chi connectivity index (χ4v) is 2.25. The third-order valence-corrected chi connectivity index (χ3v) is 3.62. The Morgan fingerprint density at radius 2 is 2.15 bits per heavy atom. The second-order valence-corrected chi connectivity index (χ2v) is 5.06. The normalized spacial score (nSPS) is 10.6. The molecule has 0 atom stereocenters. The molecule has 0 radical (unpaired) electrons. The number of hydrogen-bond donors (Lipinski definition) is 1. The molecule has 0 spiro atoms. The van der Waals surface area contributed by atoms with Crippen LogP contribution < -0.4 is 5.73 Å². The Balaban J connectivity index is 2.12. The van der Waals surface area contributed by atoms with Crippen LogP contribution in [0.4, 0.5) is 5.69 Å². The smallest absolute Gasteiger partial charge is 0.339 e. The minimum atomic E-state index is -0.533. The summed E-state index contributed by atoms with van der Waals surface area (Å²) in [5.41, 5.74) is 7.71. The van der Waals surface area contributed by atoms with Crippen molar-refractivity contribution in [3.05, 3.63) is 45.2 Å². The van der Waals surface area contributed by atoms with E-state index in [1.807, 2.05) is 0 Å². The highest BCUT2D eigenvalue weighted by molar-refractivity contribution is 6.33. The highest BCUT2D eigenvalue weighted by Gasteiger charge is 2.16. The number of nitrogens with zero attached hydrogens (tertiary/aromatic N) is 2. The van der Waals surface area contributed by atoms with Gasteiger partial charge in [0.25, 0.3) is 0 Å². The zero-order valence-corrected chi connectivity index (χ0v) is 12.5. The van der Waals surface area contributed by atoms with Crippen molar-refractivity contribution in [3.63, 3.8) is 0 Å². The van der Waals surface area contributed by atoms with E-state index >= 15 is 0 Å². The highest BCUT2D eigenvalue weighted by Crippen LogP contribution is 2.23. The second-order valence-electron chi connectivity index (χ2n) is 4.29. The van der Waals surface area contributed by atoms with Crippen LogP contribution >= 0.6 is 23.2 Å². The lowest BCUT2D eigenvalue weighted by atomic mass is 10.2. The fraction of sp³-hybridized carbons (Fsp3) is 0.231. The number of halogens is 2. The van der Waals surface area contributed by atoms with Gasteiger partial charge in [-0.05, 0) is 25.1 Å². The number of nitrogen functional groups attached to an aromatic ring is 1. The maximum absolute atomic E-state index is 12.0. The van der Waals surface area contributed by atoms with Crippen LogP contribution in [-0.4, -0.2) is 15.7 Å². The topological polar surface area (TPSA) is 70.1 Å². The van der Waals surface area contributed by atoms with Crippen LogP contribution in [-0.2, 0) is 18.4 Å². The van der Waals surface area contributed by atoms with Gasteiger partial charge in [-0.15, -0.1) is 0 Å². The summed E-state index contributed by atoms with van der Waals surface area (Å²) >= 11 is 12.0. The molecule has 106 valence electrons. The molecule has 0 aliphatic heterocycles. The first-order valence-electron chi connectivity index (χ1n) is 5.80. The number of rotatable bonds is 3. The van der Waals surface area contributed by atoms with Crippen molar-refractivity contribution in [2.24, 2.45) is 7.05 Å². The number of esters is 1. The molecule has 0 aliphatic rings. The molecule has 0 unspecified atom stereocenters. The third kappa shape index (κ3) is 2.89. The van der Waals surface area contributed by atoms with E-state index < -0.39 is 5.97 Å². The van der Waals surface area contributed by atoms with Crippen LogP contribution in [0.5, 0.6) is 0 Å². The van der Waals surface area contributed by atoms with Crippen LogP contribution in [0, 0.1) is 6.92 Å². The van der Waals surface area contributed by atoms with E-state index in [0.717, 1.165) is 0 Å². The Bertz CT molecular complexity index is 668. The molecule has 2 rings (SSSR count). The molecular formula is C13H13Cl2N3O2. The Labute approximate surface area is 126 Å². The van der Waals surface area contributed by atoms with Gasteiger partial charge in [0, 0.05) is 18.3 Å². The van der Waals surface area contributed by atoms with Crippen molar-refractivity contribution >= 4 is 34.9 Å². The van der Waals surface area contributed by atoms with E-state index in [-0.39, 0.29) is 17.2 Å². The minimum Gasteiger partial charge on any atom is -0.457 e. The largest absolute Gasteiger partial charge is 0.457 e. The van der Waals surface area contributed by atoms with Crippen LogP contribution in [0.3, 0.4) is 0 Å². The van der Waals surface area contributed by atoms with E-state index in [4.69, 9.17) is 33.7 Å². The monoisotopic (exact) mass is 313 g/mol. The van der Waals surface area contributed by atoms with Crippen molar-refractivity contribution < 1.29 is 9.53 Å². The summed E-state index contributed by atoms with van der Waals surface area (Å²) in [6.07, 6.45) is 0. The lowest BCUT2D eigenvalue weighted by Gasteiger charge is -2.07. The lowest BCUT2D eigenvalue weighted by Crippen LogP contribution is -2.07. The summed E-state index contributed by atoms with van der Waals surface area (Å²) in [5.74, 6) is -0.533. The number of benzene rings is 1. The number of carbonyl (C=O) groups is 1. The first-order valence-corrected chi connectivity index (χ1v) is 6.56. The maximum Gasteiger partial charge on any atom is 0.339 e. The number of nitrogens with two attached hydrogens (primary N) is 1. The molecule has 0 aliphatic carbocycles. The number of hydrogen-bond acceptors (Lipinski definition) is 4. The van der Waals surface area contributed by atoms with Crippen LogP contribution in [0.1, 0.15) is 21.6 Å². The Morgan fingerprint density at radius 1 is 1.45 bits per heavy atom. The zero-order chi connectivity index (χ0) is 14.9.